The normalized spacial score (nSPS) is 10.4. The quantitative estimate of drug-likeness (QED) is 0.665. The number of aromatic nitrogens is 1. The number of rotatable bonds is 2. The van der Waals surface area contributed by atoms with Crippen LogP contribution in [0.3, 0.4) is 0 Å². The van der Waals surface area contributed by atoms with E-state index in [-0.39, 0.29) is 21.3 Å². The maximum absolute atomic E-state index is 11.6. The van der Waals surface area contributed by atoms with Crippen molar-refractivity contribution < 1.29 is 9.53 Å². The second-order valence-electron chi connectivity index (χ2n) is 3.84. The van der Waals surface area contributed by atoms with Crippen LogP contribution in [0.2, 0.25) is 15.1 Å². The Morgan fingerprint density at radius 3 is 2.55 bits per heavy atom. The zero-order valence-electron chi connectivity index (χ0n) is 10.3. The number of pyridine rings is 1. The van der Waals surface area contributed by atoms with Crippen LogP contribution in [-0.2, 0) is 4.74 Å². The molecule has 1 aromatic carbocycles. The van der Waals surface area contributed by atoms with Gasteiger partial charge < -0.3 is 10.5 Å². The molecule has 104 valence electrons. The highest BCUT2D eigenvalue weighted by Gasteiger charge is 2.18. The van der Waals surface area contributed by atoms with Crippen LogP contribution in [0.5, 0.6) is 0 Å². The molecule has 0 bridgehead atoms. The minimum absolute atomic E-state index is 0.166. The van der Waals surface area contributed by atoms with Crippen LogP contribution < -0.4 is 5.73 Å². The van der Waals surface area contributed by atoms with Crippen molar-refractivity contribution in [3.05, 3.63) is 45.0 Å². The Morgan fingerprint density at radius 2 is 1.90 bits per heavy atom. The molecule has 4 nitrogen and oxygen atoms in total. The number of nitrogens with zero attached hydrogens (tertiary/aromatic N) is 1. The number of hydrogen-bond donors (Lipinski definition) is 1. The van der Waals surface area contributed by atoms with Crippen LogP contribution in [0, 0.1) is 0 Å². The number of nitrogen functional groups attached to an aromatic ring is 1. The third-order valence-electron chi connectivity index (χ3n) is 2.69. The number of anilines is 1. The summed E-state index contributed by atoms with van der Waals surface area (Å²) >= 11 is 18.0. The van der Waals surface area contributed by atoms with Gasteiger partial charge in [0.15, 0.2) is 0 Å². The molecule has 2 aromatic rings. The molecular formula is C13H9Cl3N2O2. The Labute approximate surface area is 130 Å². The standard InChI is InChI=1S/C13H9Cl3N2O2/c1-20-13(19)7-4-5-18-12(11(7)17)6-2-3-8(14)10(16)9(6)15/h2-5H,17H2,1H3. The fourth-order valence-electron chi connectivity index (χ4n) is 1.68. The number of halogens is 3. The number of nitrogens with two attached hydrogens (primary N) is 1. The molecule has 0 fully saturated rings. The highest BCUT2D eigenvalue weighted by atomic mass is 35.5. The van der Waals surface area contributed by atoms with Crippen molar-refractivity contribution in [1.29, 1.82) is 0 Å². The fraction of sp³-hybridized carbons (Fsp3) is 0.0769. The van der Waals surface area contributed by atoms with Gasteiger partial charge in [0.05, 0.1) is 39.1 Å². The molecule has 2 rings (SSSR count). The summed E-state index contributed by atoms with van der Waals surface area (Å²) < 4.78 is 4.65. The largest absolute Gasteiger partial charge is 0.465 e. The van der Waals surface area contributed by atoms with Gasteiger partial charge in [-0.25, -0.2) is 4.79 Å². The topological polar surface area (TPSA) is 65.2 Å². The van der Waals surface area contributed by atoms with Gasteiger partial charge in [-0.15, -0.1) is 0 Å². The zero-order valence-corrected chi connectivity index (χ0v) is 12.6. The summed E-state index contributed by atoms with van der Waals surface area (Å²) in [4.78, 5) is 15.8. The van der Waals surface area contributed by atoms with Crippen molar-refractivity contribution in [2.24, 2.45) is 0 Å². The second-order valence-corrected chi connectivity index (χ2v) is 5.00. The fourth-order valence-corrected chi connectivity index (χ4v) is 2.31. The van der Waals surface area contributed by atoms with Crippen LogP contribution in [0.4, 0.5) is 5.69 Å². The Hall–Kier alpha value is -1.49. The van der Waals surface area contributed by atoms with Gasteiger partial charge in [0.25, 0.3) is 0 Å². The third kappa shape index (κ3) is 2.54. The van der Waals surface area contributed by atoms with Crippen molar-refractivity contribution >= 4 is 46.5 Å². The molecule has 0 saturated carbocycles. The van der Waals surface area contributed by atoms with Gasteiger partial charge in [-0.2, -0.15) is 0 Å². The van der Waals surface area contributed by atoms with E-state index in [2.05, 4.69) is 9.72 Å². The summed E-state index contributed by atoms with van der Waals surface area (Å²) in [5, 5.41) is 0.749. The summed E-state index contributed by atoms with van der Waals surface area (Å²) in [6.07, 6.45) is 1.44. The first-order chi connectivity index (χ1) is 9.47. The van der Waals surface area contributed by atoms with E-state index in [9.17, 15) is 4.79 Å². The first-order valence-corrected chi connectivity index (χ1v) is 6.57. The number of carbonyl (C=O) groups is 1. The van der Waals surface area contributed by atoms with Crippen LogP contribution in [-0.4, -0.2) is 18.1 Å². The predicted molar refractivity (Wildman–Crippen MR) is 80.5 cm³/mol. The molecule has 1 heterocycles. The smallest absolute Gasteiger partial charge is 0.340 e. The zero-order chi connectivity index (χ0) is 14.9. The van der Waals surface area contributed by atoms with E-state index < -0.39 is 5.97 Å². The van der Waals surface area contributed by atoms with Gasteiger partial charge in [0.1, 0.15) is 0 Å². The monoisotopic (exact) mass is 330 g/mol. The van der Waals surface area contributed by atoms with Crippen molar-refractivity contribution in [1.82, 2.24) is 4.98 Å². The molecule has 1 aromatic heterocycles. The van der Waals surface area contributed by atoms with Crippen LogP contribution >= 0.6 is 34.8 Å². The van der Waals surface area contributed by atoms with Crippen molar-refractivity contribution in [3.8, 4) is 11.3 Å². The van der Waals surface area contributed by atoms with Crippen LogP contribution in [0.25, 0.3) is 11.3 Å². The maximum atomic E-state index is 11.6. The minimum atomic E-state index is -0.553. The van der Waals surface area contributed by atoms with Crippen molar-refractivity contribution in [2.45, 2.75) is 0 Å². The molecule has 0 aliphatic carbocycles. The van der Waals surface area contributed by atoms with Gasteiger partial charge in [-0.05, 0) is 18.2 Å². The van der Waals surface area contributed by atoms with E-state index in [1.807, 2.05) is 0 Å². The average molecular weight is 332 g/mol. The van der Waals surface area contributed by atoms with Gasteiger partial charge in [0.2, 0.25) is 0 Å². The van der Waals surface area contributed by atoms with E-state index in [0.29, 0.717) is 16.3 Å². The lowest BCUT2D eigenvalue weighted by Gasteiger charge is -2.11. The highest BCUT2D eigenvalue weighted by Crippen LogP contribution is 2.39. The summed E-state index contributed by atoms with van der Waals surface area (Å²) in [5.74, 6) is -0.553. The van der Waals surface area contributed by atoms with E-state index in [1.54, 1.807) is 12.1 Å². The average Bonchev–Trinajstić information content (AvgIpc) is 2.45. The van der Waals surface area contributed by atoms with Gasteiger partial charge in [-0.1, -0.05) is 34.8 Å². The molecule has 2 N–H and O–H groups in total. The summed E-state index contributed by atoms with van der Waals surface area (Å²) in [7, 11) is 1.27. The molecule has 0 unspecified atom stereocenters. The molecular weight excluding hydrogens is 323 g/mol. The Bertz CT molecular complexity index is 690. The van der Waals surface area contributed by atoms with E-state index in [0.717, 1.165) is 0 Å². The first kappa shape index (κ1) is 14.9. The lowest BCUT2D eigenvalue weighted by molar-refractivity contribution is 0.0602. The second kappa shape index (κ2) is 5.87. The Morgan fingerprint density at radius 1 is 1.20 bits per heavy atom. The molecule has 0 saturated heterocycles. The van der Waals surface area contributed by atoms with Gasteiger partial charge >= 0.3 is 5.97 Å². The number of benzene rings is 1. The van der Waals surface area contributed by atoms with E-state index in [1.165, 1.54) is 19.4 Å². The molecule has 20 heavy (non-hydrogen) atoms. The van der Waals surface area contributed by atoms with Crippen molar-refractivity contribution in [2.75, 3.05) is 12.8 Å². The molecule has 0 aliphatic heterocycles. The first-order valence-electron chi connectivity index (χ1n) is 5.44. The summed E-state index contributed by atoms with van der Waals surface area (Å²) in [6, 6.07) is 4.68. The lowest BCUT2D eigenvalue weighted by Crippen LogP contribution is -2.07. The lowest BCUT2D eigenvalue weighted by atomic mass is 10.1. The highest BCUT2D eigenvalue weighted by molar-refractivity contribution is 6.49. The number of carbonyl (C=O) groups excluding carboxylic acids is 1. The molecule has 7 heteroatoms. The maximum Gasteiger partial charge on any atom is 0.340 e. The van der Waals surface area contributed by atoms with Crippen LogP contribution in [0.15, 0.2) is 24.4 Å². The molecule has 0 aliphatic rings. The Balaban J connectivity index is 2.66. The number of esters is 1. The number of hydrogen-bond acceptors (Lipinski definition) is 4. The minimum Gasteiger partial charge on any atom is -0.465 e. The van der Waals surface area contributed by atoms with E-state index in [4.69, 9.17) is 40.5 Å². The van der Waals surface area contributed by atoms with E-state index >= 15 is 0 Å². The van der Waals surface area contributed by atoms with Crippen molar-refractivity contribution in [3.63, 3.8) is 0 Å². The van der Waals surface area contributed by atoms with Gasteiger partial charge in [0, 0.05) is 11.8 Å². The SMILES string of the molecule is COC(=O)c1ccnc(-c2ccc(Cl)c(Cl)c2Cl)c1N. The number of methoxy groups -OCH3 is 1. The Kier molecular flexibility index (Phi) is 4.38. The van der Waals surface area contributed by atoms with Gasteiger partial charge in [-0.3, -0.25) is 4.98 Å². The predicted octanol–water partition coefficient (Wildman–Crippen LogP) is 4.08. The number of ether oxygens (including phenoxy) is 1. The molecule has 0 atom stereocenters. The third-order valence-corrected chi connectivity index (χ3v) is 3.98. The molecule has 0 amide bonds. The van der Waals surface area contributed by atoms with Crippen LogP contribution in [0.1, 0.15) is 10.4 Å². The summed E-state index contributed by atoms with van der Waals surface area (Å²) in [5.41, 5.74) is 7.16. The molecule has 0 spiro atoms. The summed E-state index contributed by atoms with van der Waals surface area (Å²) in [6.45, 7) is 0. The molecule has 0 radical (unpaired) electrons.